The minimum atomic E-state index is -3.30. The molecule has 1 aliphatic heterocycles. The highest BCUT2D eigenvalue weighted by molar-refractivity contribution is 7.92. The van der Waals surface area contributed by atoms with E-state index < -0.39 is 10.0 Å². The first-order valence-electron chi connectivity index (χ1n) is 9.10. The summed E-state index contributed by atoms with van der Waals surface area (Å²) in [7, 11) is -3.30. The molecule has 144 valence electrons. The van der Waals surface area contributed by atoms with Crippen LogP contribution in [0.3, 0.4) is 0 Å². The molecule has 0 radical (unpaired) electrons. The van der Waals surface area contributed by atoms with Crippen LogP contribution in [0.15, 0.2) is 48.5 Å². The van der Waals surface area contributed by atoms with Gasteiger partial charge in [0.1, 0.15) is 5.75 Å². The van der Waals surface area contributed by atoms with E-state index in [0.717, 1.165) is 17.7 Å². The highest BCUT2D eigenvalue weighted by Crippen LogP contribution is 2.24. The van der Waals surface area contributed by atoms with Gasteiger partial charge in [0, 0.05) is 18.7 Å². The Hall–Kier alpha value is -2.54. The summed E-state index contributed by atoms with van der Waals surface area (Å²) in [4.78, 5) is 12.5. The molecular weight excluding hydrogens is 364 g/mol. The lowest BCUT2D eigenvalue weighted by Gasteiger charge is -2.28. The maximum Gasteiger partial charge on any atom is 0.251 e. The van der Waals surface area contributed by atoms with Crippen LogP contribution in [0.25, 0.3) is 0 Å². The second-order valence-corrected chi connectivity index (χ2v) is 8.42. The van der Waals surface area contributed by atoms with Crippen molar-refractivity contribution in [1.29, 1.82) is 0 Å². The number of anilines is 1. The van der Waals surface area contributed by atoms with Crippen LogP contribution in [0.4, 0.5) is 5.69 Å². The van der Waals surface area contributed by atoms with Crippen LogP contribution < -0.4 is 14.4 Å². The third-order valence-electron chi connectivity index (χ3n) is 4.41. The normalized spacial score (nSPS) is 16.0. The number of carbonyl (C=O) groups is 1. The van der Waals surface area contributed by atoms with Crippen molar-refractivity contribution in [3.63, 3.8) is 0 Å². The first kappa shape index (κ1) is 19.2. The molecule has 0 bridgehead atoms. The number of carbonyl (C=O) groups excluding carboxylic acids is 1. The Labute approximate surface area is 160 Å². The average Bonchev–Trinajstić information content (AvgIpc) is 2.66. The fraction of sp³-hybridized carbons (Fsp3) is 0.350. The summed E-state index contributed by atoms with van der Waals surface area (Å²) in [6.45, 7) is 3.33. The van der Waals surface area contributed by atoms with E-state index in [1.807, 2.05) is 31.2 Å². The summed E-state index contributed by atoms with van der Waals surface area (Å²) < 4.78 is 31.4. The van der Waals surface area contributed by atoms with Crippen LogP contribution >= 0.6 is 0 Å². The summed E-state index contributed by atoms with van der Waals surface area (Å²) in [6, 6.07) is 14.3. The van der Waals surface area contributed by atoms with Crippen LogP contribution in [0, 0.1) is 0 Å². The summed E-state index contributed by atoms with van der Waals surface area (Å²) in [5, 5.41) is 2.87. The zero-order valence-corrected chi connectivity index (χ0v) is 16.2. The Morgan fingerprint density at radius 3 is 2.74 bits per heavy atom. The van der Waals surface area contributed by atoms with E-state index in [0.29, 0.717) is 37.4 Å². The molecule has 1 N–H and O–H groups in total. The first-order chi connectivity index (χ1) is 13.0. The lowest BCUT2D eigenvalue weighted by molar-refractivity contribution is 0.0951. The standard InChI is InChI=1S/C20H24N2O4S/c1-2-26-19-10-5-7-16(13-19)15-21-20(23)17-8-6-9-18(14-17)22-11-3-4-12-27(22,24)25/h5-10,13-14H,2-4,11-12,15H2,1H3,(H,21,23). The molecule has 0 unspecified atom stereocenters. The number of hydrogen-bond acceptors (Lipinski definition) is 4. The fourth-order valence-electron chi connectivity index (χ4n) is 3.08. The van der Waals surface area contributed by atoms with E-state index >= 15 is 0 Å². The van der Waals surface area contributed by atoms with Crippen LogP contribution in [-0.4, -0.2) is 33.2 Å². The third kappa shape index (κ3) is 4.80. The lowest BCUT2D eigenvalue weighted by atomic mass is 10.1. The molecule has 7 heteroatoms. The van der Waals surface area contributed by atoms with Gasteiger partial charge in [-0.3, -0.25) is 9.10 Å². The zero-order chi connectivity index (χ0) is 19.3. The molecule has 0 spiro atoms. The Kier molecular flexibility index (Phi) is 6.01. The lowest BCUT2D eigenvalue weighted by Crippen LogP contribution is -2.38. The van der Waals surface area contributed by atoms with Gasteiger partial charge < -0.3 is 10.1 Å². The topological polar surface area (TPSA) is 75.7 Å². The fourth-order valence-corrected chi connectivity index (χ4v) is 4.71. The van der Waals surface area contributed by atoms with Gasteiger partial charge in [-0.05, 0) is 55.7 Å². The number of amides is 1. The van der Waals surface area contributed by atoms with Crippen LogP contribution in [0.2, 0.25) is 0 Å². The smallest absolute Gasteiger partial charge is 0.251 e. The molecule has 2 aromatic carbocycles. The molecule has 1 heterocycles. The number of nitrogens with one attached hydrogen (secondary N) is 1. The van der Waals surface area contributed by atoms with Gasteiger partial charge in [-0.1, -0.05) is 18.2 Å². The van der Waals surface area contributed by atoms with Crippen LogP contribution in [0.1, 0.15) is 35.7 Å². The molecule has 2 aromatic rings. The Morgan fingerprint density at radius 1 is 1.15 bits per heavy atom. The van der Waals surface area contributed by atoms with E-state index in [1.165, 1.54) is 4.31 Å². The van der Waals surface area contributed by atoms with Crippen molar-refractivity contribution in [3.8, 4) is 5.75 Å². The monoisotopic (exact) mass is 388 g/mol. The molecule has 1 aliphatic rings. The minimum absolute atomic E-state index is 0.152. The van der Waals surface area contributed by atoms with Gasteiger partial charge in [0.05, 0.1) is 18.0 Å². The van der Waals surface area contributed by atoms with E-state index in [4.69, 9.17) is 4.74 Å². The second-order valence-electron chi connectivity index (χ2n) is 6.41. The number of nitrogens with zero attached hydrogens (tertiary/aromatic N) is 1. The predicted molar refractivity (Wildman–Crippen MR) is 106 cm³/mol. The molecule has 0 atom stereocenters. The highest BCUT2D eigenvalue weighted by Gasteiger charge is 2.26. The van der Waals surface area contributed by atoms with Crippen LogP contribution in [0.5, 0.6) is 5.75 Å². The van der Waals surface area contributed by atoms with Crippen molar-refractivity contribution in [1.82, 2.24) is 5.32 Å². The molecule has 3 rings (SSSR count). The summed E-state index contributed by atoms with van der Waals surface area (Å²) in [6.07, 6.45) is 1.51. The van der Waals surface area contributed by atoms with Gasteiger partial charge in [-0.25, -0.2) is 8.42 Å². The maximum atomic E-state index is 12.5. The van der Waals surface area contributed by atoms with E-state index in [-0.39, 0.29) is 11.7 Å². The van der Waals surface area contributed by atoms with Crippen molar-refractivity contribution < 1.29 is 17.9 Å². The number of rotatable bonds is 6. The third-order valence-corrected chi connectivity index (χ3v) is 6.28. The number of hydrogen-bond donors (Lipinski definition) is 1. The second kappa shape index (κ2) is 8.43. The molecule has 0 aliphatic carbocycles. The summed E-state index contributed by atoms with van der Waals surface area (Å²) >= 11 is 0. The minimum Gasteiger partial charge on any atom is -0.494 e. The Bertz CT molecular complexity index is 912. The predicted octanol–water partition coefficient (Wildman–Crippen LogP) is 2.95. The molecular formula is C20H24N2O4S. The quantitative estimate of drug-likeness (QED) is 0.826. The Morgan fingerprint density at radius 2 is 1.96 bits per heavy atom. The van der Waals surface area contributed by atoms with Crippen molar-refractivity contribution in [2.45, 2.75) is 26.3 Å². The number of ether oxygens (including phenoxy) is 1. The van der Waals surface area contributed by atoms with Crippen molar-refractivity contribution >= 4 is 21.6 Å². The van der Waals surface area contributed by atoms with Gasteiger partial charge >= 0.3 is 0 Å². The summed E-state index contributed by atoms with van der Waals surface area (Å²) in [5.41, 5.74) is 1.92. The molecule has 1 amide bonds. The molecule has 6 nitrogen and oxygen atoms in total. The van der Waals surface area contributed by atoms with E-state index in [1.54, 1.807) is 24.3 Å². The first-order valence-corrected chi connectivity index (χ1v) is 10.7. The summed E-state index contributed by atoms with van der Waals surface area (Å²) in [5.74, 6) is 0.675. The van der Waals surface area contributed by atoms with E-state index in [2.05, 4.69) is 5.32 Å². The molecule has 0 aromatic heterocycles. The molecule has 1 saturated heterocycles. The van der Waals surface area contributed by atoms with Gasteiger partial charge in [0.2, 0.25) is 10.0 Å². The zero-order valence-electron chi connectivity index (χ0n) is 15.3. The van der Waals surface area contributed by atoms with Crippen LogP contribution in [-0.2, 0) is 16.6 Å². The highest BCUT2D eigenvalue weighted by atomic mass is 32.2. The number of sulfonamides is 1. The van der Waals surface area contributed by atoms with Crippen molar-refractivity contribution in [3.05, 3.63) is 59.7 Å². The average molecular weight is 388 g/mol. The van der Waals surface area contributed by atoms with Gasteiger partial charge in [-0.15, -0.1) is 0 Å². The largest absolute Gasteiger partial charge is 0.494 e. The molecule has 1 fully saturated rings. The number of benzene rings is 2. The maximum absolute atomic E-state index is 12.5. The van der Waals surface area contributed by atoms with Crippen molar-refractivity contribution in [2.24, 2.45) is 0 Å². The molecule has 0 saturated carbocycles. The van der Waals surface area contributed by atoms with Gasteiger partial charge in [0.25, 0.3) is 5.91 Å². The van der Waals surface area contributed by atoms with E-state index in [9.17, 15) is 13.2 Å². The Balaban J connectivity index is 1.69. The SMILES string of the molecule is CCOc1cccc(CNC(=O)c2cccc(N3CCCCS3(=O)=O)c2)c1. The molecule has 27 heavy (non-hydrogen) atoms. The van der Waals surface area contributed by atoms with Gasteiger partial charge in [-0.2, -0.15) is 0 Å². The van der Waals surface area contributed by atoms with Crippen molar-refractivity contribution in [2.75, 3.05) is 23.2 Å². The van der Waals surface area contributed by atoms with Gasteiger partial charge in [0.15, 0.2) is 0 Å².